The minimum absolute atomic E-state index is 0.204. The highest BCUT2D eigenvalue weighted by Crippen LogP contribution is 2.19. The fourth-order valence-corrected chi connectivity index (χ4v) is 2.79. The topological polar surface area (TPSA) is 84.5 Å². The highest BCUT2D eigenvalue weighted by Gasteiger charge is 2.19. The minimum atomic E-state index is -0.869. The van der Waals surface area contributed by atoms with E-state index < -0.39 is 17.8 Å². The third-order valence-electron chi connectivity index (χ3n) is 4.34. The molecule has 0 saturated heterocycles. The van der Waals surface area contributed by atoms with Crippen LogP contribution in [-0.4, -0.2) is 24.4 Å². The molecule has 3 aromatic rings. The molecule has 0 saturated carbocycles. The lowest BCUT2D eigenvalue weighted by atomic mass is 10.1. The Morgan fingerprint density at radius 1 is 0.828 bits per heavy atom. The van der Waals surface area contributed by atoms with E-state index in [1.807, 2.05) is 37.3 Å². The number of esters is 1. The molecule has 0 aromatic heterocycles. The smallest absolute Gasteiger partial charge is 0.340 e. The average molecular weight is 390 g/mol. The maximum atomic E-state index is 12.3. The summed E-state index contributed by atoms with van der Waals surface area (Å²) in [5.41, 5.74) is 0.944. The Bertz CT molecular complexity index is 1050. The second-order valence-electron chi connectivity index (χ2n) is 6.51. The van der Waals surface area contributed by atoms with Crippen LogP contribution in [0.15, 0.2) is 66.7 Å². The first-order valence-electron chi connectivity index (χ1n) is 9.46. The molecule has 6 nitrogen and oxygen atoms in total. The van der Waals surface area contributed by atoms with E-state index in [1.165, 1.54) is 0 Å². The van der Waals surface area contributed by atoms with Gasteiger partial charge in [-0.3, -0.25) is 9.59 Å². The summed E-state index contributed by atoms with van der Waals surface area (Å²) in [6.45, 7) is 2.30. The highest BCUT2D eigenvalue weighted by molar-refractivity contribution is 6.44. The maximum absolute atomic E-state index is 12.3. The van der Waals surface area contributed by atoms with Gasteiger partial charge in [-0.05, 0) is 41.5 Å². The predicted octanol–water partition coefficient (Wildman–Crippen LogP) is 4.37. The lowest BCUT2D eigenvalue weighted by Crippen LogP contribution is -2.29. The second kappa shape index (κ2) is 9.50. The summed E-state index contributed by atoms with van der Waals surface area (Å²) < 4.78 is 5.20. The van der Waals surface area contributed by atoms with E-state index in [0.29, 0.717) is 12.3 Å². The molecule has 6 heteroatoms. The number of anilines is 2. The summed E-state index contributed by atoms with van der Waals surface area (Å²) in [6, 6.07) is 19.5. The number of amides is 2. The molecule has 29 heavy (non-hydrogen) atoms. The number of ether oxygens (including phenoxy) is 1. The van der Waals surface area contributed by atoms with Crippen molar-refractivity contribution in [2.24, 2.45) is 0 Å². The molecule has 0 bridgehead atoms. The number of fused-ring (bicyclic) bond motifs is 1. The van der Waals surface area contributed by atoms with E-state index in [2.05, 4.69) is 10.6 Å². The van der Waals surface area contributed by atoms with Gasteiger partial charge in [-0.2, -0.15) is 0 Å². The third-order valence-corrected chi connectivity index (χ3v) is 4.34. The molecule has 0 fully saturated rings. The number of rotatable bonds is 6. The summed E-state index contributed by atoms with van der Waals surface area (Å²) in [7, 11) is 0. The highest BCUT2D eigenvalue weighted by atomic mass is 16.5. The van der Waals surface area contributed by atoms with E-state index in [4.69, 9.17) is 4.74 Å². The van der Waals surface area contributed by atoms with Crippen molar-refractivity contribution in [3.8, 4) is 0 Å². The molecule has 148 valence electrons. The van der Waals surface area contributed by atoms with Crippen molar-refractivity contribution in [3.05, 3.63) is 72.3 Å². The van der Waals surface area contributed by atoms with E-state index in [9.17, 15) is 14.4 Å². The minimum Gasteiger partial charge on any atom is -0.462 e. The van der Waals surface area contributed by atoms with Crippen LogP contribution >= 0.6 is 0 Å². The molecular weight excluding hydrogens is 368 g/mol. The van der Waals surface area contributed by atoms with Gasteiger partial charge in [0.05, 0.1) is 17.9 Å². The molecule has 2 amide bonds. The lowest BCUT2D eigenvalue weighted by Gasteiger charge is -2.11. The fraction of sp³-hybridized carbons (Fsp3) is 0.174. The van der Waals surface area contributed by atoms with Gasteiger partial charge in [0, 0.05) is 5.69 Å². The van der Waals surface area contributed by atoms with Crippen LogP contribution in [0.3, 0.4) is 0 Å². The summed E-state index contributed by atoms with van der Waals surface area (Å²) in [4.78, 5) is 36.9. The molecule has 0 heterocycles. The monoisotopic (exact) mass is 390 g/mol. The molecule has 0 radical (unpaired) electrons. The van der Waals surface area contributed by atoms with Crippen LogP contribution < -0.4 is 10.6 Å². The molecule has 0 atom stereocenters. The van der Waals surface area contributed by atoms with Crippen LogP contribution in [0.25, 0.3) is 10.8 Å². The zero-order valence-electron chi connectivity index (χ0n) is 16.1. The van der Waals surface area contributed by atoms with Gasteiger partial charge in [-0.1, -0.05) is 55.8 Å². The Kier molecular flexibility index (Phi) is 6.58. The zero-order valence-corrected chi connectivity index (χ0v) is 16.1. The quantitative estimate of drug-likeness (QED) is 0.372. The molecular formula is C23H22N2O4. The number of nitrogens with one attached hydrogen (secondary N) is 2. The van der Waals surface area contributed by atoms with Gasteiger partial charge in [0.15, 0.2) is 0 Å². The fourth-order valence-electron chi connectivity index (χ4n) is 2.79. The number of carbonyl (C=O) groups is 3. The van der Waals surface area contributed by atoms with Crippen molar-refractivity contribution in [2.75, 3.05) is 17.2 Å². The third kappa shape index (κ3) is 5.19. The van der Waals surface area contributed by atoms with Crippen LogP contribution in [0.4, 0.5) is 11.4 Å². The first-order valence-corrected chi connectivity index (χ1v) is 9.46. The van der Waals surface area contributed by atoms with E-state index in [-0.39, 0.29) is 11.3 Å². The van der Waals surface area contributed by atoms with Gasteiger partial charge < -0.3 is 15.4 Å². The Morgan fingerprint density at radius 3 is 2.31 bits per heavy atom. The van der Waals surface area contributed by atoms with Crippen LogP contribution in [0, 0.1) is 0 Å². The predicted molar refractivity (Wildman–Crippen MR) is 113 cm³/mol. The van der Waals surface area contributed by atoms with Crippen LogP contribution in [0.1, 0.15) is 30.1 Å². The SMILES string of the molecule is CCCCOC(=O)c1ccccc1NC(=O)C(=O)Nc1ccc2ccccc2c1. The first kappa shape index (κ1) is 20.1. The Labute approximate surface area is 168 Å². The Hall–Kier alpha value is -3.67. The van der Waals surface area contributed by atoms with Crippen molar-refractivity contribution in [1.82, 2.24) is 0 Å². The van der Waals surface area contributed by atoms with Crippen molar-refractivity contribution in [3.63, 3.8) is 0 Å². The van der Waals surface area contributed by atoms with Crippen LogP contribution in [-0.2, 0) is 14.3 Å². The molecule has 0 aliphatic rings. The summed E-state index contributed by atoms with van der Waals surface area (Å²) in [5.74, 6) is -2.23. The van der Waals surface area contributed by atoms with E-state index in [1.54, 1.807) is 36.4 Å². The molecule has 0 aliphatic heterocycles. The zero-order chi connectivity index (χ0) is 20.6. The molecule has 0 spiro atoms. The standard InChI is InChI=1S/C23H22N2O4/c1-2-3-14-29-23(28)19-10-6-7-11-20(19)25-22(27)21(26)24-18-13-12-16-8-4-5-9-17(16)15-18/h4-13,15H,2-3,14H2,1H3,(H,24,26)(H,25,27). The lowest BCUT2D eigenvalue weighted by molar-refractivity contribution is -0.133. The molecule has 3 aromatic carbocycles. The number of hydrogen-bond donors (Lipinski definition) is 2. The van der Waals surface area contributed by atoms with Gasteiger partial charge in [0.25, 0.3) is 0 Å². The maximum Gasteiger partial charge on any atom is 0.340 e. The largest absolute Gasteiger partial charge is 0.462 e. The first-order chi connectivity index (χ1) is 14.1. The van der Waals surface area contributed by atoms with Crippen molar-refractivity contribution in [2.45, 2.75) is 19.8 Å². The normalized spacial score (nSPS) is 10.4. The number of carbonyl (C=O) groups excluding carboxylic acids is 3. The van der Waals surface area contributed by atoms with Crippen molar-refractivity contribution in [1.29, 1.82) is 0 Å². The van der Waals surface area contributed by atoms with Gasteiger partial charge >= 0.3 is 17.8 Å². The van der Waals surface area contributed by atoms with Gasteiger partial charge in [0.2, 0.25) is 0 Å². The van der Waals surface area contributed by atoms with Gasteiger partial charge in [-0.25, -0.2) is 4.79 Å². The summed E-state index contributed by atoms with van der Waals surface area (Å²) >= 11 is 0. The molecule has 0 unspecified atom stereocenters. The molecule has 2 N–H and O–H groups in total. The second-order valence-corrected chi connectivity index (χ2v) is 6.51. The Balaban J connectivity index is 1.67. The summed E-state index contributed by atoms with van der Waals surface area (Å²) in [5, 5.41) is 7.05. The number of para-hydroxylation sites is 1. The van der Waals surface area contributed by atoms with Crippen LogP contribution in [0.5, 0.6) is 0 Å². The van der Waals surface area contributed by atoms with E-state index >= 15 is 0 Å². The van der Waals surface area contributed by atoms with E-state index in [0.717, 1.165) is 23.6 Å². The van der Waals surface area contributed by atoms with Crippen molar-refractivity contribution >= 4 is 39.9 Å². The van der Waals surface area contributed by atoms with Crippen molar-refractivity contribution < 1.29 is 19.1 Å². The van der Waals surface area contributed by atoms with Gasteiger partial charge in [-0.15, -0.1) is 0 Å². The summed E-state index contributed by atoms with van der Waals surface area (Å²) in [6.07, 6.45) is 1.66. The average Bonchev–Trinajstić information content (AvgIpc) is 2.74. The number of hydrogen-bond acceptors (Lipinski definition) is 4. The number of unbranched alkanes of at least 4 members (excludes halogenated alkanes) is 1. The molecule has 0 aliphatic carbocycles. The van der Waals surface area contributed by atoms with Crippen LogP contribution in [0.2, 0.25) is 0 Å². The van der Waals surface area contributed by atoms with Gasteiger partial charge in [0.1, 0.15) is 0 Å². The Morgan fingerprint density at radius 2 is 1.52 bits per heavy atom. The molecule has 3 rings (SSSR count). The number of benzene rings is 3.